The lowest BCUT2D eigenvalue weighted by atomic mass is 10.3. The predicted octanol–water partition coefficient (Wildman–Crippen LogP) is 3.82. The first-order valence-corrected chi connectivity index (χ1v) is 6.14. The Bertz CT molecular complexity index is 701. The highest BCUT2D eigenvalue weighted by Crippen LogP contribution is 2.29. The van der Waals surface area contributed by atoms with Crippen molar-refractivity contribution in [2.45, 2.75) is 0 Å². The standard InChI is InChI=1S/C10H4BrClF2N4O2/c11-4-1-7(6(14)2-5(4)13)16-9-8(18(19)20)3-15-10(12)17-9/h1-3H,(H,15,16,17). The number of rotatable bonds is 3. The largest absolute Gasteiger partial charge is 0.332 e. The van der Waals surface area contributed by atoms with Crippen LogP contribution in [0.4, 0.5) is 26.0 Å². The molecule has 20 heavy (non-hydrogen) atoms. The van der Waals surface area contributed by atoms with Crippen molar-refractivity contribution in [3.63, 3.8) is 0 Å². The zero-order chi connectivity index (χ0) is 14.9. The van der Waals surface area contributed by atoms with Crippen LogP contribution in [0.15, 0.2) is 22.8 Å². The fraction of sp³-hybridized carbons (Fsp3) is 0. The van der Waals surface area contributed by atoms with Gasteiger partial charge in [0.25, 0.3) is 0 Å². The van der Waals surface area contributed by atoms with Gasteiger partial charge in [0, 0.05) is 6.07 Å². The third-order valence-electron chi connectivity index (χ3n) is 2.20. The fourth-order valence-electron chi connectivity index (χ4n) is 1.33. The molecule has 10 heteroatoms. The molecule has 104 valence electrons. The molecule has 6 nitrogen and oxygen atoms in total. The van der Waals surface area contributed by atoms with Crippen LogP contribution in [0.25, 0.3) is 0 Å². The number of hydrogen-bond donors (Lipinski definition) is 1. The molecule has 0 aliphatic rings. The summed E-state index contributed by atoms with van der Waals surface area (Å²) in [5, 5.41) is 12.9. The summed E-state index contributed by atoms with van der Waals surface area (Å²) in [6.07, 6.45) is 0.883. The van der Waals surface area contributed by atoms with Crippen molar-refractivity contribution in [3.8, 4) is 0 Å². The number of halogens is 4. The van der Waals surface area contributed by atoms with E-state index in [-0.39, 0.29) is 21.3 Å². The van der Waals surface area contributed by atoms with Gasteiger partial charge in [-0.3, -0.25) is 10.1 Å². The first-order chi connectivity index (χ1) is 9.38. The third-order valence-corrected chi connectivity index (χ3v) is 2.99. The molecule has 1 aromatic heterocycles. The summed E-state index contributed by atoms with van der Waals surface area (Å²) in [7, 11) is 0. The van der Waals surface area contributed by atoms with Gasteiger partial charge in [-0.05, 0) is 33.6 Å². The molecule has 0 aliphatic carbocycles. The Morgan fingerprint density at radius 2 is 2.05 bits per heavy atom. The lowest BCUT2D eigenvalue weighted by Gasteiger charge is -2.08. The van der Waals surface area contributed by atoms with Crippen LogP contribution in [0.2, 0.25) is 5.28 Å². The number of nitrogens with zero attached hydrogens (tertiary/aromatic N) is 3. The van der Waals surface area contributed by atoms with E-state index >= 15 is 0 Å². The molecule has 0 amide bonds. The van der Waals surface area contributed by atoms with Gasteiger partial charge in [-0.1, -0.05) is 0 Å². The summed E-state index contributed by atoms with van der Waals surface area (Å²) in [6, 6.07) is 1.71. The van der Waals surface area contributed by atoms with Gasteiger partial charge in [-0.2, -0.15) is 4.98 Å². The van der Waals surface area contributed by atoms with Gasteiger partial charge >= 0.3 is 5.69 Å². The maximum atomic E-state index is 13.6. The molecular formula is C10H4BrClF2N4O2. The van der Waals surface area contributed by atoms with Gasteiger partial charge in [-0.25, -0.2) is 13.8 Å². The molecule has 0 fully saturated rings. The van der Waals surface area contributed by atoms with Crippen LogP contribution in [0.3, 0.4) is 0 Å². The first-order valence-electron chi connectivity index (χ1n) is 4.97. The van der Waals surface area contributed by atoms with Crippen LogP contribution in [0, 0.1) is 21.7 Å². The van der Waals surface area contributed by atoms with Crippen molar-refractivity contribution < 1.29 is 13.7 Å². The molecule has 2 rings (SSSR count). The number of anilines is 2. The number of nitrogens with one attached hydrogen (secondary N) is 1. The van der Waals surface area contributed by atoms with Gasteiger partial charge < -0.3 is 5.32 Å². The topological polar surface area (TPSA) is 81.0 Å². The number of benzene rings is 1. The minimum atomic E-state index is -0.935. The van der Waals surface area contributed by atoms with E-state index in [2.05, 4.69) is 31.2 Å². The average molecular weight is 366 g/mol. The molecule has 1 N–H and O–H groups in total. The second-order valence-corrected chi connectivity index (χ2v) is 4.69. The van der Waals surface area contributed by atoms with Gasteiger partial charge in [0.2, 0.25) is 11.1 Å². The molecule has 0 unspecified atom stereocenters. The highest BCUT2D eigenvalue weighted by molar-refractivity contribution is 9.10. The van der Waals surface area contributed by atoms with Crippen LogP contribution in [-0.2, 0) is 0 Å². The zero-order valence-corrected chi connectivity index (χ0v) is 11.7. The Labute approximate surface area is 124 Å². The first kappa shape index (κ1) is 14.5. The summed E-state index contributed by atoms with van der Waals surface area (Å²) in [6.45, 7) is 0. The van der Waals surface area contributed by atoms with Gasteiger partial charge in [0.05, 0.1) is 15.1 Å². The molecule has 0 saturated carbocycles. The van der Waals surface area contributed by atoms with Crippen LogP contribution in [0.5, 0.6) is 0 Å². The van der Waals surface area contributed by atoms with Gasteiger partial charge in [0.1, 0.15) is 17.8 Å². The SMILES string of the molecule is O=[N+]([O-])c1cnc(Cl)nc1Nc1cc(Br)c(F)cc1F. The van der Waals surface area contributed by atoms with E-state index in [0.717, 1.165) is 12.3 Å². The summed E-state index contributed by atoms with van der Waals surface area (Å²) in [5.74, 6) is -2.04. The Balaban J connectivity index is 2.47. The molecule has 0 bridgehead atoms. The van der Waals surface area contributed by atoms with Crippen molar-refractivity contribution >= 4 is 44.7 Å². The molecule has 0 saturated heterocycles. The van der Waals surface area contributed by atoms with Crippen LogP contribution in [0.1, 0.15) is 0 Å². The van der Waals surface area contributed by atoms with Gasteiger partial charge in [0.15, 0.2) is 0 Å². The molecule has 0 radical (unpaired) electrons. The van der Waals surface area contributed by atoms with E-state index in [1.807, 2.05) is 0 Å². The van der Waals surface area contributed by atoms with E-state index < -0.39 is 22.2 Å². The van der Waals surface area contributed by atoms with Gasteiger partial charge in [-0.15, -0.1) is 0 Å². The number of hydrogen-bond acceptors (Lipinski definition) is 5. The predicted molar refractivity (Wildman–Crippen MR) is 71.0 cm³/mol. The summed E-state index contributed by atoms with van der Waals surface area (Å²) in [5.41, 5.74) is -0.689. The molecule has 1 heterocycles. The normalized spacial score (nSPS) is 10.4. The number of aromatic nitrogens is 2. The van der Waals surface area contributed by atoms with E-state index in [1.165, 1.54) is 0 Å². The van der Waals surface area contributed by atoms with Crippen molar-refractivity contribution in [1.29, 1.82) is 0 Å². The Morgan fingerprint density at radius 3 is 2.70 bits per heavy atom. The smallest absolute Gasteiger partial charge is 0.329 e. The van der Waals surface area contributed by atoms with Crippen LogP contribution in [-0.4, -0.2) is 14.9 Å². The molecule has 2 aromatic rings. The fourth-order valence-corrected chi connectivity index (χ4v) is 1.80. The third kappa shape index (κ3) is 2.99. The zero-order valence-electron chi connectivity index (χ0n) is 9.40. The molecule has 0 atom stereocenters. The monoisotopic (exact) mass is 364 g/mol. The van der Waals surface area contributed by atoms with E-state index in [1.54, 1.807) is 0 Å². The number of nitro groups is 1. The van der Waals surface area contributed by atoms with Crippen LogP contribution < -0.4 is 5.32 Å². The summed E-state index contributed by atoms with van der Waals surface area (Å²) in [4.78, 5) is 17.1. The van der Waals surface area contributed by atoms with Crippen LogP contribution >= 0.6 is 27.5 Å². The lowest BCUT2D eigenvalue weighted by Crippen LogP contribution is -2.03. The molecule has 1 aromatic carbocycles. The summed E-state index contributed by atoms with van der Waals surface area (Å²) >= 11 is 8.42. The Kier molecular flexibility index (Phi) is 4.09. The minimum absolute atomic E-state index is 0.00999. The Morgan fingerprint density at radius 1 is 1.35 bits per heavy atom. The molecular weight excluding hydrogens is 361 g/mol. The van der Waals surface area contributed by atoms with Crippen molar-refractivity contribution in [2.24, 2.45) is 0 Å². The summed E-state index contributed by atoms with van der Waals surface area (Å²) < 4.78 is 26.7. The quantitative estimate of drug-likeness (QED) is 0.387. The Hall–Kier alpha value is -1.87. The second kappa shape index (κ2) is 5.63. The maximum Gasteiger partial charge on any atom is 0.329 e. The molecule has 0 spiro atoms. The highest BCUT2D eigenvalue weighted by atomic mass is 79.9. The molecule has 0 aliphatic heterocycles. The maximum absolute atomic E-state index is 13.6. The minimum Gasteiger partial charge on any atom is -0.332 e. The van der Waals surface area contributed by atoms with Crippen molar-refractivity contribution in [1.82, 2.24) is 9.97 Å². The second-order valence-electron chi connectivity index (χ2n) is 3.50. The average Bonchev–Trinajstić information content (AvgIpc) is 2.35. The van der Waals surface area contributed by atoms with E-state index in [4.69, 9.17) is 11.6 Å². The van der Waals surface area contributed by atoms with Crippen molar-refractivity contribution in [3.05, 3.63) is 49.8 Å². The van der Waals surface area contributed by atoms with Crippen molar-refractivity contribution in [2.75, 3.05) is 5.32 Å². The lowest BCUT2D eigenvalue weighted by molar-refractivity contribution is -0.384. The van der Waals surface area contributed by atoms with E-state index in [9.17, 15) is 18.9 Å². The van der Waals surface area contributed by atoms with E-state index in [0.29, 0.717) is 6.07 Å². The highest BCUT2D eigenvalue weighted by Gasteiger charge is 2.19.